The van der Waals surface area contributed by atoms with E-state index in [4.69, 9.17) is 37.3 Å². The summed E-state index contributed by atoms with van der Waals surface area (Å²) in [6, 6.07) is 34.0. The molecule has 7 atom stereocenters. The molecule has 0 aromatic heterocycles. The number of phosphoric ester groups is 1. The van der Waals surface area contributed by atoms with Gasteiger partial charge in [0.15, 0.2) is 6.10 Å². The van der Waals surface area contributed by atoms with E-state index in [1.807, 2.05) is 60.7 Å². The Morgan fingerprint density at radius 2 is 0.902 bits per heavy atom. The molecule has 0 saturated carbocycles. The molecule has 1 fully saturated rings. The zero-order valence-corrected chi connectivity index (χ0v) is 57.1. The van der Waals surface area contributed by atoms with Crippen molar-refractivity contribution in [1.82, 2.24) is 5.32 Å². The molecular formula is C76H114NO14P. The Kier molecular flexibility index (Phi) is 40.4. The van der Waals surface area contributed by atoms with Crippen LogP contribution >= 0.6 is 7.82 Å². The zero-order chi connectivity index (χ0) is 65.5. The molecule has 1 amide bonds. The van der Waals surface area contributed by atoms with Gasteiger partial charge in [-0.1, -0.05) is 291 Å². The lowest BCUT2D eigenvalue weighted by Gasteiger charge is -2.46. The van der Waals surface area contributed by atoms with Gasteiger partial charge in [-0.15, -0.1) is 0 Å². The second-order valence-corrected chi connectivity index (χ2v) is 26.5. The first-order chi connectivity index (χ1) is 45.0. The van der Waals surface area contributed by atoms with Crippen LogP contribution in [0, 0.1) is 0 Å². The monoisotopic (exact) mass is 1300 g/mol. The number of phosphoric acid groups is 1. The summed E-state index contributed by atoms with van der Waals surface area (Å²) in [7, 11) is -4.89. The maximum Gasteiger partial charge on any atom is 0.588 e. The van der Waals surface area contributed by atoms with Crippen LogP contribution in [0.1, 0.15) is 257 Å². The molecule has 1 aliphatic rings. The number of amides is 1. The van der Waals surface area contributed by atoms with Gasteiger partial charge in [0.05, 0.1) is 50.7 Å². The lowest BCUT2D eigenvalue weighted by Crippen LogP contribution is -2.66. The number of hydrogen-bond acceptors (Lipinski definition) is 14. The number of aliphatic hydroxyl groups excluding tert-OH is 1. The number of unbranched alkanes of at least 4 members (excludes halogenated alkanes) is 26. The standard InChI is InChI=1S/C76H114NO14P/c1-4-7-10-13-16-19-20-23-26-29-44-55-71(80)86-67(54-39-28-25-22-18-15-12-9-6-3)57-73(82)88-76-74(77-70(79)56-66(84-60-62-45-34-30-35-46-62)53-38-27-24-21-17-14-11-8-5-2)68(58-72(81)85-61-63-47-36-31-37-48-63)87-69(59-78)75(76)91-92(83,89-64-49-40-32-41-50-64)90-65-51-42-33-43-52-65/h30-37,40-43,45-52,66-69,74-76,78H,4-29,38-39,44,53-61H2,1-3H3,(H,77,79)/t66-,67-,68-,69-,74+,75-,76-/m1/s1. The number of esters is 3. The van der Waals surface area contributed by atoms with Gasteiger partial charge in [-0.25, -0.2) is 4.57 Å². The van der Waals surface area contributed by atoms with Gasteiger partial charge < -0.3 is 43.2 Å². The Morgan fingerprint density at radius 1 is 0.478 bits per heavy atom. The molecule has 4 aromatic rings. The van der Waals surface area contributed by atoms with Gasteiger partial charge >= 0.3 is 25.7 Å². The first kappa shape index (κ1) is 77.1. The van der Waals surface area contributed by atoms with E-state index in [1.165, 1.54) is 103 Å². The fraction of sp³-hybridized carbons (Fsp3) is 0.632. The number of para-hydroxylation sites is 2. The van der Waals surface area contributed by atoms with E-state index >= 15 is 14.2 Å². The number of aliphatic hydroxyl groups is 1. The Bertz CT molecular complexity index is 2530. The fourth-order valence-corrected chi connectivity index (χ4v) is 13.2. The summed E-state index contributed by atoms with van der Waals surface area (Å²) < 4.78 is 66.0. The molecule has 4 aromatic carbocycles. The van der Waals surface area contributed by atoms with Crippen molar-refractivity contribution in [2.75, 3.05) is 6.61 Å². The highest BCUT2D eigenvalue weighted by molar-refractivity contribution is 7.49. The van der Waals surface area contributed by atoms with Crippen molar-refractivity contribution >= 4 is 31.6 Å². The van der Waals surface area contributed by atoms with E-state index in [9.17, 15) is 14.7 Å². The molecule has 0 radical (unpaired) electrons. The van der Waals surface area contributed by atoms with Crippen molar-refractivity contribution < 1.29 is 66.1 Å². The Hall–Kier alpha value is -5.57. The van der Waals surface area contributed by atoms with E-state index in [1.54, 1.807) is 60.7 Å². The number of benzene rings is 4. The van der Waals surface area contributed by atoms with Gasteiger partial charge in [0.1, 0.15) is 36.4 Å². The molecular weight excluding hydrogens is 1180 g/mol. The van der Waals surface area contributed by atoms with Crippen molar-refractivity contribution in [2.45, 2.75) is 301 Å². The van der Waals surface area contributed by atoms with Crippen molar-refractivity contribution in [1.29, 1.82) is 0 Å². The van der Waals surface area contributed by atoms with Crippen molar-refractivity contribution in [3.8, 4) is 11.5 Å². The molecule has 2 N–H and O–H groups in total. The predicted octanol–water partition coefficient (Wildman–Crippen LogP) is 18.7. The third-order valence-electron chi connectivity index (χ3n) is 17.0. The highest BCUT2D eigenvalue weighted by Gasteiger charge is 2.54. The molecule has 0 spiro atoms. The minimum Gasteiger partial charge on any atom is -0.462 e. The van der Waals surface area contributed by atoms with E-state index < -0.39 is 87.3 Å². The van der Waals surface area contributed by atoms with E-state index in [0.29, 0.717) is 25.7 Å². The molecule has 1 aliphatic heterocycles. The average Bonchev–Trinajstić information content (AvgIpc) is 0.791. The van der Waals surface area contributed by atoms with E-state index in [-0.39, 0.29) is 44.0 Å². The number of nitrogens with one attached hydrogen (secondary N) is 1. The molecule has 5 rings (SSSR count). The van der Waals surface area contributed by atoms with Crippen LogP contribution in [-0.2, 0) is 65.2 Å². The van der Waals surface area contributed by atoms with Crippen LogP contribution < -0.4 is 14.4 Å². The normalized spacial score (nSPS) is 17.1. The van der Waals surface area contributed by atoms with Crippen LogP contribution in [-0.4, -0.2) is 78.2 Å². The zero-order valence-electron chi connectivity index (χ0n) is 56.2. The fourth-order valence-electron chi connectivity index (χ4n) is 11.8. The van der Waals surface area contributed by atoms with Gasteiger partial charge in [0.25, 0.3) is 0 Å². The third-order valence-corrected chi connectivity index (χ3v) is 18.4. The van der Waals surface area contributed by atoms with Crippen molar-refractivity contribution in [3.05, 3.63) is 132 Å². The van der Waals surface area contributed by atoms with Gasteiger partial charge in [-0.2, -0.15) is 0 Å². The molecule has 0 bridgehead atoms. The maximum absolute atomic E-state index is 15.5. The largest absolute Gasteiger partial charge is 0.588 e. The first-order valence-corrected chi connectivity index (χ1v) is 37.0. The van der Waals surface area contributed by atoms with Gasteiger partial charge in [-0.05, 0) is 61.1 Å². The minimum absolute atomic E-state index is 0.0640. The van der Waals surface area contributed by atoms with Crippen molar-refractivity contribution in [3.63, 3.8) is 0 Å². The lowest BCUT2D eigenvalue weighted by atomic mass is 9.90. The molecule has 1 saturated heterocycles. The molecule has 512 valence electrons. The maximum atomic E-state index is 15.5. The highest BCUT2D eigenvalue weighted by Crippen LogP contribution is 2.52. The quantitative estimate of drug-likeness (QED) is 0.0184. The average molecular weight is 1300 g/mol. The molecule has 0 unspecified atom stereocenters. The summed E-state index contributed by atoms with van der Waals surface area (Å²) >= 11 is 0. The van der Waals surface area contributed by atoms with Gasteiger partial charge in [-0.3, -0.25) is 23.7 Å². The number of ether oxygens (including phenoxy) is 5. The molecule has 16 heteroatoms. The Labute approximate surface area is 552 Å². The molecule has 92 heavy (non-hydrogen) atoms. The number of carbonyl (C=O) groups excluding carboxylic acids is 4. The van der Waals surface area contributed by atoms with Crippen LogP contribution in [0.4, 0.5) is 0 Å². The molecule has 1 heterocycles. The minimum atomic E-state index is -4.89. The summed E-state index contributed by atoms with van der Waals surface area (Å²) in [4.78, 5) is 58.0. The van der Waals surface area contributed by atoms with Crippen LogP contribution in [0.3, 0.4) is 0 Å². The summed E-state index contributed by atoms with van der Waals surface area (Å²) in [6.07, 6.45) is 24.9. The summed E-state index contributed by atoms with van der Waals surface area (Å²) in [5, 5.41) is 14.4. The highest BCUT2D eigenvalue weighted by atomic mass is 31.2. The Balaban J connectivity index is 1.47. The Morgan fingerprint density at radius 3 is 1.37 bits per heavy atom. The second-order valence-electron chi connectivity index (χ2n) is 25.1. The van der Waals surface area contributed by atoms with E-state index in [2.05, 4.69) is 26.1 Å². The summed E-state index contributed by atoms with van der Waals surface area (Å²) in [5.41, 5.74) is 1.68. The van der Waals surface area contributed by atoms with Crippen LogP contribution in [0.5, 0.6) is 11.5 Å². The summed E-state index contributed by atoms with van der Waals surface area (Å²) in [6.45, 7) is 6.06. The first-order valence-electron chi connectivity index (χ1n) is 35.6. The topological polar surface area (TPSA) is 191 Å². The lowest BCUT2D eigenvalue weighted by molar-refractivity contribution is -0.211. The van der Waals surface area contributed by atoms with Crippen molar-refractivity contribution in [2.24, 2.45) is 0 Å². The SMILES string of the molecule is CCCCCCCCCCCCCC(=O)O[C@H](CCCCCCCCCCC)CC(=O)O[C@@H]1[C@@H](NC(=O)C[C@@H](CCCCCCCCCCC)OCc2ccccc2)[C@@H](CC(=O)OCc2ccccc2)O[C@H](CO)[C@H]1OP(=O)(Oc1ccccc1)Oc1ccccc1. The molecule has 15 nitrogen and oxygen atoms in total. The molecule has 0 aliphatic carbocycles. The van der Waals surface area contributed by atoms with Gasteiger partial charge in [0, 0.05) is 6.42 Å². The van der Waals surface area contributed by atoms with Crippen LogP contribution in [0.25, 0.3) is 0 Å². The van der Waals surface area contributed by atoms with E-state index in [0.717, 1.165) is 81.8 Å². The third kappa shape index (κ3) is 33.5. The number of hydrogen-bond donors (Lipinski definition) is 2. The summed E-state index contributed by atoms with van der Waals surface area (Å²) in [5.74, 6) is -2.21. The van der Waals surface area contributed by atoms with Gasteiger partial charge in [0.2, 0.25) is 5.91 Å². The smallest absolute Gasteiger partial charge is 0.462 e. The predicted molar refractivity (Wildman–Crippen MR) is 364 cm³/mol. The second kappa shape index (κ2) is 48.2. The number of carbonyl (C=O) groups is 4. The van der Waals surface area contributed by atoms with Crippen LogP contribution in [0.15, 0.2) is 121 Å². The number of rotatable bonds is 53. The van der Waals surface area contributed by atoms with Crippen LogP contribution in [0.2, 0.25) is 0 Å².